The highest BCUT2D eigenvalue weighted by molar-refractivity contribution is 7.95. The van der Waals surface area contributed by atoms with Crippen molar-refractivity contribution in [2.75, 3.05) is 6.16 Å². The van der Waals surface area contributed by atoms with Crippen molar-refractivity contribution in [3.05, 3.63) is 103 Å². The molecule has 0 nitrogen and oxygen atoms in total. The predicted molar refractivity (Wildman–Crippen MR) is 117 cm³/mol. The first-order chi connectivity index (χ1) is 12.9. The monoisotopic (exact) mass is 375 g/mol. The number of rotatable bonds is 5. The zero-order chi connectivity index (χ0) is 18.1. The molecule has 0 unspecified atom stereocenters. The number of hydrogen-bond donors (Lipinski definition) is 0. The van der Waals surface area contributed by atoms with Gasteiger partial charge in [0.05, 0.1) is 6.16 Å². The van der Waals surface area contributed by atoms with Crippen LogP contribution in [0.4, 0.5) is 0 Å². The van der Waals surface area contributed by atoms with Gasteiger partial charge in [-0.3, -0.25) is 0 Å². The fourth-order valence-corrected chi connectivity index (χ4v) is 7.49. The van der Waals surface area contributed by atoms with Gasteiger partial charge in [0, 0.05) is 12.0 Å². The van der Waals surface area contributed by atoms with E-state index in [1.54, 1.807) is 6.08 Å². The minimum atomic E-state index is -1.76. The highest BCUT2D eigenvalue weighted by atomic mass is 35.5. The standard InChI is InChI=1S/C24H21ClP/c25-20-12-1-2-13-21-26(22-14-6-3-7-15-22,23-16-8-4-9-17-23)24-18-10-5-11-19-24/h3-12,14-20H,13,21H2/q+1/b20-12-. The third-order valence-electron chi connectivity index (χ3n) is 4.41. The van der Waals surface area contributed by atoms with Gasteiger partial charge in [-0.25, -0.2) is 0 Å². The Kier molecular flexibility index (Phi) is 6.68. The molecule has 0 spiro atoms. The van der Waals surface area contributed by atoms with Gasteiger partial charge in [-0.1, -0.05) is 78.0 Å². The maximum absolute atomic E-state index is 5.58. The molecule has 0 heterocycles. The van der Waals surface area contributed by atoms with E-state index in [2.05, 4.69) is 103 Å². The molecule has 3 aromatic carbocycles. The third-order valence-corrected chi connectivity index (χ3v) is 8.97. The molecule has 0 aliphatic rings. The van der Waals surface area contributed by atoms with E-state index in [1.165, 1.54) is 21.4 Å². The van der Waals surface area contributed by atoms with Gasteiger partial charge < -0.3 is 0 Å². The van der Waals surface area contributed by atoms with E-state index in [4.69, 9.17) is 11.6 Å². The molecule has 3 rings (SSSR count). The first-order valence-electron chi connectivity index (χ1n) is 8.66. The maximum Gasteiger partial charge on any atom is 0.113 e. The second-order valence-corrected chi connectivity index (χ2v) is 9.77. The predicted octanol–water partition coefficient (Wildman–Crippen LogP) is 5.13. The van der Waals surface area contributed by atoms with Crippen LogP contribution in [0, 0.1) is 11.8 Å². The summed E-state index contributed by atoms with van der Waals surface area (Å²) in [7, 11) is -1.76. The largest absolute Gasteiger partial charge is 0.113 e. The van der Waals surface area contributed by atoms with Crippen molar-refractivity contribution < 1.29 is 0 Å². The quantitative estimate of drug-likeness (QED) is 0.428. The van der Waals surface area contributed by atoms with Gasteiger partial charge in [0.25, 0.3) is 0 Å². The Hall–Kier alpha value is -2.32. The molecular formula is C24H21ClP+. The Morgan fingerprint density at radius 3 is 1.50 bits per heavy atom. The van der Waals surface area contributed by atoms with Gasteiger partial charge >= 0.3 is 0 Å². The number of halogens is 1. The molecule has 3 aromatic rings. The summed E-state index contributed by atoms with van der Waals surface area (Å²) < 4.78 is 0. The number of allylic oxidation sites excluding steroid dienone is 1. The van der Waals surface area contributed by atoms with Crippen LogP contribution >= 0.6 is 18.9 Å². The molecule has 0 N–H and O–H groups in total. The zero-order valence-electron chi connectivity index (χ0n) is 14.6. The molecule has 0 aliphatic heterocycles. The van der Waals surface area contributed by atoms with E-state index in [0.29, 0.717) is 0 Å². The maximum atomic E-state index is 5.58. The molecule has 128 valence electrons. The Morgan fingerprint density at radius 1 is 0.692 bits per heavy atom. The Balaban J connectivity index is 2.16. The normalized spacial score (nSPS) is 11.1. The molecule has 0 aromatic heterocycles. The van der Waals surface area contributed by atoms with E-state index in [-0.39, 0.29) is 0 Å². The van der Waals surface area contributed by atoms with Gasteiger partial charge in [0.1, 0.15) is 23.2 Å². The topological polar surface area (TPSA) is 0 Å². The molecule has 26 heavy (non-hydrogen) atoms. The summed E-state index contributed by atoms with van der Waals surface area (Å²) in [6, 6.07) is 32.7. The number of hydrogen-bond acceptors (Lipinski definition) is 0. The summed E-state index contributed by atoms with van der Waals surface area (Å²) in [4.78, 5) is 0. The van der Waals surface area contributed by atoms with Gasteiger partial charge in [0.2, 0.25) is 0 Å². The van der Waals surface area contributed by atoms with Crippen LogP contribution < -0.4 is 15.9 Å². The van der Waals surface area contributed by atoms with E-state index >= 15 is 0 Å². The molecule has 0 fully saturated rings. The smallest absolute Gasteiger partial charge is 0.0946 e. The number of benzene rings is 3. The van der Waals surface area contributed by atoms with Crippen LogP contribution in [0.2, 0.25) is 0 Å². The van der Waals surface area contributed by atoms with Gasteiger partial charge in [-0.15, -0.1) is 0 Å². The summed E-state index contributed by atoms with van der Waals surface area (Å²) >= 11 is 5.58. The Bertz CT molecular complexity index is 794. The van der Waals surface area contributed by atoms with Crippen molar-refractivity contribution in [1.82, 2.24) is 0 Å². The molecule has 0 amide bonds. The Labute approximate surface area is 161 Å². The van der Waals surface area contributed by atoms with Crippen LogP contribution in [-0.4, -0.2) is 6.16 Å². The lowest BCUT2D eigenvalue weighted by Crippen LogP contribution is -2.33. The average molecular weight is 376 g/mol. The van der Waals surface area contributed by atoms with E-state index in [1.807, 2.05) is 0 Å². The van der Waals surface area contributed by atoms with E-state index < -0.39 is 7.26 Å². The molecule has 0 bridgehead atoms. The fourth-order valence-electron chi connectivity index (χ4n) is 3.27. The minimum Gasteiger partial charge on any atom is -0.0946 e. The zero-order valence-corrected chi connectivity index (χ0v) is 16.2. The lowest BCUT2D eigenvalue weighted by atomic mass is 10.3. The minimum absolute atomic E-state index is 0.827. The van der Waals surface area contributed by atoms with Gasteiger partial charge in [-0.2, -0.15) is 0 Å². The first kappa shape index (κ1) is 18.5. The third kappa shape index (κ3) is 4.08. The van der Waals surface area contributed by atoms with Crippen LogP contribution in [-0.2, 0) is 0 Å². The lowest BCUT2D eigenvalue weighted by Gasteiger charge is -2.27. The summed E-state index contributed by atoms with van der Waals surface area (Å²) in [5, 5.41) is 4.19. The van der Waals surface area contributed by atoms with Crippen molar-refractivity contribution >= 4 is 34.8 Å². The fraction of sp³-hybridized carbons (Fsp3) is 0.0833. The first-order valence-corrected chi connectivity index (χ1v) is 11.1. The highest BCUT2D eigenvalue weighted by Gasteiger charge is 2.44. The molecule has 0 saturated heterocycles. The second-order valence-electron chi connectivity index (χ2n) is 5.90. The molecule has 0 saturated carbocycles. The van der Waals surface area contributed by atoms with Crippen LogP contribution in [0.5, 0.6) is 0 Å². The Morgan fingerprint density at radius 2 is 1.12 bits per heavy atom. The molecule has 2 heteroatoms. The van der Waals surface area contributed by atoms with Crippen LogP contribution in [0.3, 0.4) is 0 Å². The van der Waals surface area contributed by atoms with E-state index in [0.717, 1.165) is 12.6 Å². The summed E-state index contributed by atoms with van der Waals surface area (Å²) in [6.07, 6.45) is 3.52. The second kappa shape index (κ2) is 9.40. The summed E-state index contributed by atoms with van der Waals surface area (Å²) in [5.41, 5.74) is 1.46. The van der Waals surface area contributed by atoms with Crippen LogP contribution in [0.15, 0.2) is 103 Å². The van der Waals surface area contributed by atoms with Gasteiger partial charge in [0.15, 0.2) is 0 Å². The highest BCUT2D eigenvalue weighted by Crippen LogP contribution is 2.55. The van der Waals surface area contributed by atoms with Crippen molar-refractivity contribution in [1.29, 1.82) is 0 Å². The summed E-state index contributed by atoms with van der Waals surface area (Å²) in [6.45, 7) is 0. The SMILES string of the molecule is Cl/C=C\C#CCC[P+](c1ccccc1)(c1ccccc1)c1ccccc1. The lowest BCUT2D eigenvalue weighted by molar-refractivity contribution is 1.28. The van der Waals surface area contributed by atoms with Crippen molar-refractivity contribution in [3.63, 3.8) is 0 Å². The van der Waals surface area contributed by atoms with Crippen molar-refractivity contribution in [2.24, 2.45) is 0 Å². The van der Waals surface area contributed by atoms with Crippen molar-refractivity contribution in [3.8, 4) is 11.8 Å². The molecular weight excluding hydrogens is 355 g/mol. The van der Waals surface area contributed by atoms with Crippen molar-refractivity contribution in [2.45, 2.75) is 6.42 Å². The molecule has 0 atom stereocenters. The molecule has 0 radical (unpaired) electrons. The van der Waals surface area contributed by atoms with Crippen LogP contribution in [0.1, 0.15) is 6.42 Å². The molecule has 0 aliphatic carbocycles. The average Bonchev–Trinajstić information content (AvgIpc) is 2.73. The summed E-state index contributed by atoms with van der Waals surface area (Å²) in [5.74, 6) is 6.27. The van der Waals surface area contributed by atoms with Gasteiger partial charge in [-0.05, 0) is 42.5 Å². The van der Waals surface area contributed by atoms with Crippen LogP contribution in [0.25, 0.3) is 0 Å². The van der Waals surface area contributed by atoms with E-state index in [9.17, 15) is 0 Å².